The van der Waals surface area contributed by atoms with E-state index in [1.165, 1.54) is 7.11 Å². The maximum Gasteiger partial charge on any atom is 0.341 e. The Labute approximate surface area is 81.6 Å². The zero-order chi connectivity index (χ0) is 10.0. The molecule has 0 aromatic carbocycles. The standard InChI is InChI=1S/C9H11ClO3/c1-5(10)8-4-7(6(2)13-8)9(11)12-3/h4-5H,1-3H3. The number of hydrogen-bond acceptors (Lipinski definition) is 3. The maximum absolute atomic E-state index is 11.1. The first-order chi connectivity index (χ1) is 6.06. The Bertz CT molecular complexity index is 315. The minimum Gasteiger partial charge on any atom is -0.465 e. The lowest BCUT2D eigenvalue weighted by atomic mass is 10.2. The minimum atomic E-state index is -0.398. The van der Waals surface area contributed by atoms with Gasteiger partial charge in [-0.15, -0.1) is 11.6 Å². The van der Waals surface area contributed by atoms with Crippen LogP contribution < -0.4 is 0 Å². The second kappa shape index (κ2) is 3.83. The van der Waals surface area contributed by atoms with Crippen molar-refractivity contribution < 1.29 is 13.9 Å². The van der Waals surface area contributed by atoms with Gasteiger partial charge in [0.15, 0.2) is 0 Å². The maximum atomic E-state index is 11.1. The Kier molecular flexibility index (Phi) is 2.98. The summed E-state index contributed by atoms with van der Waals surface area (Å²) in [4.78, 5) is 11.1. The van der Waals surface area contributed by atoms with Crippen LogP contribution in [0.15, 0.2) is 10.5 Å². The summed E-state index contributed by atoms with van der Waals surface area (Å²) in [5.74, 6) is 0.721. The summed E-state index contributed by atoms with van der Waals surface area (Å²) in [6, 6.07) is 1.61. The fourth-order valence-corrected chi connectivity index (χ4v) is 1.12. The van der Waals surface area contributed by atoms with Gasteiger partial charge < -0.3 is 9.15 Å². The summed E-state index contributed by atoms with van der Waals surface area (Å²) in [6.45, 7) is 3.48. The van der Waals surface area contributed by atoms with Gasteiger partial charge in [-0.25, -0.2) is 4.79 Å². The molecule has 4 heteroatoms. The number of hydrogen-bond donors (Lipinski definition) is 0. The molecule has 0 N–H and O–H groups in total. The highest BCUT2D eigenvalue weighted by Crippen LogP contribution is 2.25. The quantitative estimate of drug-likeness (QED) is 0.547. The number of carbonyl (C=O) groups excluding carboxylic acids is 1. The normalized spacial score (nSPS) is 12.6. The van der Waals surface area contributed by atoms with E-state index in [-0.39, 0.29) is 5.38 Å². The van der Waals surface area contributed by atoms with Crippen LogP contribution in [0.25, 0.3) is 0 Å². The predicted octanol–water partition coefficient (Wildman–Crippen LogP) is 2.67. The van der Waals surface area contributed by atoms with Gasteiger partial charge in [0.2, 0.25) is 0 Å². The van der Waals surface area contributed by atoms with Gasteiger partial charge in [0.1, 0.15) is 17.1 Å². The molecule has 1 aromatic heterocycles. The lowest BCUT2D eigenvalue weighted by Crippen LogP contribution is -2.00. The number of esters is 1. The molecule has 0 saturated carbocycles. The number of ether oxygens (including phenoxy) is 1. The number of aryl methyl sites for hydroxylation is 1. The van der Waals surface area contributed by atoms with Crippen LogP contribution in [-0.2, 0) is 4.74 Å². The smallest absolute Gasteiger partial charge is 0.341 e. The highest BCUT2D eigenvalue weighted by molar-refractivity contribution is 6.20. The first-order valence-electron chi connectivity index (χ1n) is 3.89. The molecule has 1 aromatic rings. The summed E-state index contributed by atoms with van der Waals surface area (Å²) >= 11 is 5.79. The Hall–Kier alpha value is -0.960. The molecule has 0 saturated heterocycles. The van der Waals surface area contributed by atoms with E-state index in [0.29, 0.717) is 17.1 Å². The number of carbonyl (C=O) groups is 1. The molecule has 0 radical (unpaired) electrons. The molecule has 0 amide bonds. The molecule has 13 heavy (non-hydrogen) atoms. The van der Waals surface area contributed by atoms with Crippen molar-refractivity contribution in [3.8, 4) is 0 Å². The molecule has 0 aliphatic rings. The van der Waals surface area contributed by atoms with Crippen LogP contribution in [-0.4, -0.2) is 13.1 Å². The monoisotopic (exact) mass is 202 g/mol. The lowest BCUT2D eigenvalue weighted by Gasteiger charge is -1.93. The third kappa shape index (κ3) is 2.04. The Balaban J connectivity index is 3.03. The van der Waals surface area contributed by atoms with Gasteiger partial charge in [0.25, 0.3) is 0 Å². The van der Waals surface area contributed by atoms with E-state index >= 15 is 0 Å². The highest BCUT2D eigenvalue weighted by atomic mass is 35.5. The number of rotatable bonds is 2. The van der Waals surface area contributed by atoms with Crippen LogP contribution in [0.2, 0.25) is 0 Å². The largest absolute Gasteiger partial charge is 0.465 e. The van der Waals surface area contributed by atoms with Gasteiger partial charge in [-0.1, -0.05) is 0 Å². The highest BCUT2D eigenvalue weighted by Gasteiger charge is 2.17. The second-order valence-corrected chi connectivity index (χ2v) is 3.38. The molecule has 1 heterocycles. The molecule has 0 bridgehead atoms. The van der Waals surface area contributed by atoms with E-state index in [4.69, 9.17) is 16.0 Å². The molecule has 0 spiro atoms. The third-order valence-corrected chi connectivity index (χ3v) is 1.95. The predicted molar refractivity (Wildman–Crippen MR) is 49.1 cm³/mol. The van der Waals surface area contributed by atoms with Gasteiger partial charge in [-0.2, -0.15) is 0 Å². The molecular weight excluding hydrogens is 192 g/mol. The van der Waals surface area contributed by atoms with E-state index in [0.717, 1.165) is 0 Å². The van der Waals surface area contributed by atoms with Crippen molar-refractivity contribution in [3.63, 3.8) is 0 Å². The van der Waals surface area contributed by atoms with Crippen molar-refractivity contribution in [2.75, 3.05) is 7.11 Å². The van der Waals surface area contributed by atoms with Crippen molar-refractivity contribution in [1.29, 1.82) is 0 Å². The van der Waals surface area contributed by atoms with Gasteiger partial charge in [-0.3, -0.25) is 0 Å². The molecule has 1 unspecified atom stereocenters. The molecular formula is C9H11ClO3. The molecule has 0 aliphatic carbocycles. The van der Waals surface area contributed by atoms with Crippen LogP contribution >= 0.6 is 11.6 Å². The zero-order valence-electron chi connectivity index (χ0n) is 7.76. The summed E-state index contributed by atoms with van der Waals surface area (Å²) in [7, 11) is 1.33. The van der Waals surface area contributed by atoms with Crippen LogP contribution in [0.3, 0.4) is 0 Å². The zero-order valence-corrected chi connectivity index (χ0v) is 8.51. The van der Waals surface area contributed by atoms with Crippen molar-refractivity contribution in [2.24, 2.45) is 0 Å². The number of methoxy groups -OCH3 is 1. The summed E-state index contributed by atoms with van der Waals surface area (Å²) in [5, 5.41) is -0.239. The van der Waals surface area contributed by atoms with E-state index in [1.54, 1.807) is 19.9 Å². The Morgan fingerprint density at radius 1 is 1.69 bits per heavy atom. The van der Waals surface area contributed by atoms with Gasteiger partial charge >= 0.3 is 5.97 Å². The van der Waals surface area contributed by atoms with Crippen molar-refractivity contribution >= 4 is 17.6 Å². The summed E-state index contributed by atoms with van der Waals surface area (Å²) in [6.07, 6.45) is 0. The van der Waals surface area contributed by atoms with Crippen LogP contribution in [0.5, 0.6) is 0 Å². The Morgan fingerprint density at radius 2 is 2.31 bits per heavy atom. The first-order valence-corrected chi connectivity index (χ1v) is 4.32. The summed E-state index contributed by atoms with van der Waals surface area (Å²) in [5.41, 5.74) is 0.435. The number of halogens is 1. The Morgan fingerprint density at radius 3 is 2.69 bits per heavy atom. The van der Waals surface area contributed by atoms with Crippen LogP contribution in [0, 0.1) is 6.92 Å². The summed E-state index contributed by atoms with van der Waals surface area (Å²) < 4.78 is 9.83. The number of alkyl halides is 1. The first kappa shape index (κ1) is 10.1. The molecule has 72 valence electrons. The van der Waals surface area contributed by atoms with E-state index in [1.807, 2.05) is 0 Å². The van der Waals surface area contributed by atoms with Gasteiger partial charge in [0, 0.05) is 0 Å². The van der Waals surface area contributed by atoms with Gasteiger partial charge in [-0.05, 0) is 19.9 Å². The SMILES string of the molecule is COC(=O)c1cc(C(C)Cl)oc1C. The van der Waals surface area contributed by atoms with Crippen LogP contribution in [0.1, 0.15) is 34.2 Å². The van der Waals surface area contributed by atoms with Crippen LogP contribution in [0.4, 0.5) is 0 Å². The topological polar surface area (TPSA) is 39.4 Å². The second-order valence-electron chi connectivity index (χ2n) is 2.73. The molecule has 3 nitrogen and oxygen atoms in total. The van der Waals surface area contributed by atoms with Gasteiger partial charge in [0.05, 0.1) is 12.5 Å². The fourth-order valence-electron chi connectivity index (χ4n) is 1.01. The molecule has 1 atom stereocenters. The third-order valence-electron chi connectivity index (χ3n) is 1.73. The van der Waals surface area contributed by atoms with E-state index in [2.05, 4.69) is 4.74 Å². The fraction of sp³-hybridized carbons (Fsp3) is 0.444. The molecule has 0 aliphatic heterocycles. The average molecular weight is 203 g/mol. The molecule has 0 fully saturated rings. The van der Waals surface area contributed by atoms with Crippen molar-refractivity contribution in [1.82, 2.24) is 0 Å². The minimum absolute atomic E-state index is 0.239. The van der Waals surface area contributed by atoms with Crippen molar-refractivity contribution in [3.05, 3.63) is 23.2 Å². The average Bonchev–Trinajstić information content (AvgIpc) is 2.46. The molecule has 1 rings (SSSR count). The van der Waals surface area contributed by atoms with Crippen molar-refractivity contribution in [2.45, 2.75) is 19.2 Å². The van der Waals surface area contributed by atoms with E-state index in [9.17, 15) is 4.79 Å². The van der Waals surface area contributed by atoms with E-state index < -0.39 is 5.97 Å². The lowest BCUT2D eigenvalue weighted by molar-refractivity contribution is 0.0599. The number of furan rings is 1.